The van der Waals surface area contributed by atoms with Crippen molar-refractivity contribution >= 4 is 5.91 Å². The monoisotopic (exact) mass is 367 g/mol. The fourth-order valence-electron chi connectivity index (χ4n) is 3.36. The fourth-order valence-corrected chi connectivity index (χ4v) is 3.36. The van der Waals surface area contributed by atoms with Gasteiger partial charge in [-0.3, -0.25) is 4.79 Å². The molecule has 138 valence electrons. The van der Waals surface area contributed by atoms with Gasteiger partial charge in [-0.15, -0.1) is 0 Å². The lowest BCUT2D eigenvalue weighted by molar-refractivity contribution is -0.605. The van der Waals surface area contributed by atoms with Crippen LogP contribution in [0.1, 0.15) is 47.9 Å². The van der Waals surface area contributed by atoms with Crippen LogP contribution < -0.4 is 10.0 Å². The molecule has 10 heteroatoms. The standard InChI is InChI=1S/C16H16F3N5O2/c1-15(2,16(17,18)19)21-14(25)12-10-6-8-5-9(8)13(10)24(22-12)11-7-23(26)4-3-20-11/h3-4,7-9H,5-6H2,1-2H3,(H,21,25)/t8-,9?/m0/s1. The Morgan fingerprint density at radius 1 is 1.42 bits per heavy atom. The summed E-state index contributed by atoms with van der Waals surface area (Å²) >= 11 is 0. The normalized spacial score (nSPS) is 21.3. The van der Waals surface area contributed by atoms with Gasteiger partial charge in [0.05, 0.1) is 11.9 Å². The van der Waals surface area contributed by atoms with E-state index in [0.717, 1.165) is 26.0 Å². The first kappa shape index (κ1) is 16.8. The van der Waals surface area contributed by atoms with Crippen LogP contribution in [0.5, 0.6) is 0 Å². The summed E-state index contributed by atoms with van der Waals surface area (Å²) in [5, 5.41) is 17.8. The van der Waals surface area contributed by atoms with Gasteiger partial charge in [-0.2, -0.15) is 23.0 Å². The molecule has 0 aliphatic heterocycles. The average molecular weight is 367 g/mol. The topological polar surface area (TPSA) is 86.8 Å². The van der Waals surface area contributed by atoms with Crippen LogP contribution in [0, 0.1) is 11.1 Å². The molecule has 2 aliphatic rings. The van der Waals surface area contributed by atoms with Crippen LogP contribution in [0.2, 0.25) is 0 Å². The average Bonchev–Trinajstić information content (AvgIpc) is 3.02. The molecule has 0 spiro atoms. The van der Waals surface area contributed by atoms with E-state index < -0.39 is 17.6 Å². The summed E-state index contributed by atoms with van der Waals surface area (Å²) in [5.41, 5.74) is -1.01. The SMILES string of the molecule is CC(C)(NC(=O)c1nn(-c2c[n+]([O-])ccn2)c2c1C[C@@H]1CC21)C(F)(F)F. The number of hydrogen-bond acceptors (Lipinski definition) is 4. The number of halogens is 3. The van der Waals surface area contributed by atoms with Gasteiger partial charge in [0.1, 0.15) is 5.54 Å². The van der Waals surface area contributed by atoms with E-state index in [2.05, 4.69) is 10.1 Å². The first-order chi connectivity index (χ1) is 12.1. The predicted octanol–water partition coefficient (Wildman–Crippen LogP) is 1.63. The van der Waals surface area contributed by atoms with Gasteiger partial charge in [0.25, 0.3) is 5.91 Å². The first-order valence-electron chi connectivity index (χ1n) is 8.14. The summed E-state index contributed by atoms with van der Waals surface area (Å²) in [4.78, 5) is 16.6. The van der Waals surface area contributed by atoms with Crippen LogP contribution in [-0.2, 0) is 6.42 Å². The van der Waals surface area contributed by atoms with Crippen LogP contribution in [0.15, 0.2) is 18.6 Å². The van der Waals surface area contributed by atoms with Gasteiger partial charge in [0, 0.05) is 11.5 Å². The van der Waals surface area contributed by atoms with E-state index in [4.69, 9.17) is 0 Å². The van der Waals surface area contributed by atoms with Crippen molar-refractivity contribution in [2.75, 3.05) is 0 Å². The van der Waals surface area contributed by atoms with E-state index >= 15 is 0 Å². The molecule has 2 aliphatic carbocycles. The maximum Gasteiger partial charge on any atom is 0.410 e. The van der Waals surface area contributed by atoms with E-state index in [1.165, 1.54) is 23.3 Å². The summed E-state index contributed by atoms with van der Waals surface area (Å²) in [6.07, 6.45) is 0.683. The molecule has 2 aromatic heterocycles. The molecule has 7 nitrogen and oxygen atoms in total. The smallest absolute Gasteiger partial charge is 0.410 e. The third-order valence-electron chi connectivity index (χ3n) is 4.99. The van der Waals surface area contributed by atoms with Gasteiger partial charge in [0.2, 0.25) is 12.0 Å². The second-order valence-corrected chi connectivity index (χ2v) is 7.28. The van der Waals surface area contributed by atoms with Gasteiger partial charge in [-0.05, 0) is 32.6 Å². The molecule has 2 aromatic rings. The number of aromatic nitrogens is 4. The fraction of sp³-hybridized carbons (Fsp3) is 0.500. The minimum atomic E-state index is -4.59. The van der Waals surface area contributed by atoms with Gasteiger partial charge >= 0.3 is 6.18 Å². The Kier molecular flexibility index (Phi) is 3.35. The number of hydrogen-bond donors (Lipinski definition) is 1. The lowest BCUT2D eigenvalue weighted by Gasteiger charge is -2.28. The minimum Gasteiger partial charge on any atom is -0.619 e. The van der Waals surface area contributed by atoms with E-state index in [1.54, 1.807) is 0 Å². The molecule has 1 fully saturated rings. The first-order valence-corrected chi connectivity index (χ1v) is 8.14. The molecular weight excluding hydrogens is 351 g/mol. The molecule has 1 unspecified atom stereocenters. The van der Waals surface area contributed by atoms with Crippen molar-refractivity contribution in [3.63, 3.8) is 0 Å². The molecule has 0 saturated heterocycles. The lowest BCUT2D eigenvalue weighted by Crippen LogP contribution is -2.54. The maximum atomic E-state index is 13.1. The molecular formula is C16H16F3N5O2. The van der Waals surface area contributed by atoms with Crippen molar-refractivity contribution in [3.05, 3.63) is 40.7 Å². The Morgan fingerprint density at radius 2 is 2.15 bits per heavy atom. The highest BCUT2D eigenvalue weighted by Crippen LogP contribution is 2.57. The van der Waals surface area contributed by atoms with Gasteiger partial charge in [-0.1, -0.05) is 0 Å². The Labute approximate surface area is 146 Å². The predicted molar refractivity (Wildman–Crippen MR) is 82.5 cm³/mol. The lowest BCUT2D eigenvalue weighted by atomic mass is 10.0. The molecule has 26 heavy (non-hydrogen) atoms. The highest BCUT2D eigenvalue weighted by Gasteiger charge is 2.52. The summed E-state index contributed by atoms with van der Waals surface area (Å²) in [6, 6.07) is 0. The quantitative estimate of drug-likeness (QED) is 0.660. The van der Waals surface area contributed by atoms with E-state index in [1.807, 2.05) is 5.32 Å². The molecule has 0 bridgehead atoms. The Bertz CT molecular complexity index is 906. The molecule has 0 aromatic carbocycles. The van der Waals surface area contributed by atoms with Gasteiger partial charge in [0.15, 0.2) is 11.9 Å². The number of carbonyl (C=O) groups excluding carboxylic acids is 1. The van der Waals surface area contributed by atoms with Gasteiger partial charge < -0.3 is 10.5 Å². The largest absolute Gasteiger partial charge is 0.619 e. The van der Waals surface area contributed by atoms with E-state index in [0.29, 0.717) is 22.6 Å². The molecule has 1 saturated carbocycles. The van der Waals surface area contributed by atoms with Crippen LogP contribution in [-0.4, -0.2) is 32.4 Å². The van der Waals surface area contributed by atoms with Crippen LogP contribution >= 0.6 is 0 Å². The third kappa shape index (κ3) is 2.51. The Morgan fingerprint density at radius 3 is 2.81 bits per heavy atom. The number of fused-ring (bicyclic) bond motifs is 3. The van der Waals surface area contributed by atoms with Gasteiger partial charge in [-0.25, -0.2) is 9.67 Å². The summed E-state index contributed by atoms with van der Waals surface area (Å²) in [7, 11) is 0. The third-order valence-corrected chi connectivity index (χ3v) is 4.99. The molecule has 1 N–H and O–H groups in total. The molecule has 1 amide bonds. The number of nitrogens with zero attached hydrogens (tertiary/aromatic N) is 4. The molecule has 2 atom stereocenters. The summed E-state index contributed by atoms with van der Waals surface area (Å²) in [6.45, 7) is 1.80. The number of nitrogens with one attached hydrogen (secondary N) is 1. The van der Waals surface area contributed by atoms with Crippen molar-refractivity contribution in [1.29, 1.82) is 0 Å². The molecule has 0 radical (unpaired) electrons. The highest BCUT2D eigenvalue weighted by molar-refractivity contribution is 5.95. The van der Waals surface area contributed by atoms with Crippen molar-refractivity contribution in [1.82, 2.24) is 20.1 Å². The van der Waals surface area contributed by atoms with Crippen molar-refractivity contribution in [2.24, 2.45) is 5.92 Å². The molecule has 4 rings (SSSR count). The van der Waals surface area contributed by atoms with Crippen LogP contribution in [0.3, 0.4) is 0 Å². The number of alkyl halides is 3. The summed E-state index contributed by atoms with van der Waals surface area (Å²) in [5.74, 6) is -0.0636. The van der Waals surface area contributed by atoms with E-state index in [9.17, 15) is 23.2 Å². The number of amides is 1. The second-order valence-electron chi connectivity index (χ2n) is 7.28. The van der Waals surface area contributed by atoms with Crippen molar-refractivity contribution in [3.8, 4) is 5.82 Å². The number of carbonyl (C=O) groups is 1. The zero-order valence-electron chi connectivity index (χ0n) is 14.0. The number of rotatable bonds is 3. The van der Waals surface area contributed by atoms with Crippen molar-refractivity contribution < 1.29 is 22.7 Å². The maximum absolute atomic E-state index is 13.1. The van der Waals surface area contributed by atoms with Crippen LogP contribution in [0.4, 0.5) is 13.2 Å². The van der Waals surface area contributed by atoms with Crippen molar-refractivity contribution in [2.45, 2.75) is 44.3 Å². The second kappa shape index (κ2) is 5.18. The minimum absolute atomic E-state index is 0.0346. The highest BCUT2D eigenvalue weighted by atomic mass is 19.4. The van der Waals surface area contributed by atoms with E-state index in [-0.39, 0.29) is 17.4 Å². The molecule has 2 heterocycles. The Balaban J connectivity index is 1.74. The summed E-state index contributed by atoms with van der Waals surface area (Å²) < 4.78 is 41.2. The Hall–Kier alpha value is -2.65. The van der Waals surface area contributed by atoms with Crippen LogP contribution in [0.25, 0.3) is 5.82 Å². The zero-order chi connectivity index (χ0) is 18.9. The zero-order valence-corrected chi connectivity index (χ0v) is 14.0.